The van der Waals surface area contributed by atoms with Crippen molar-refractivity contribution in [3.05, 3.63) is 64.7 Å². The Kier molecular flexibility index (Phi) is 5.24. The second-order valence-electron chi connectivity index (χ2n) is 6.79. The molecule has 0 spiro atoms. The summed E-state index contributed by atoms with van der Waals surface area (Å²) in [7, 11) is 1.61. The number of carbonyl (C=O) groups is 1. The molecule has 0 bridgehead atoms. The predicted octanol–water partition coefficient (Wildman–Crippen LogP) is 3.73. The van der Waals surface area contributed by atoms with Gasteiger partial charge in [-0.1, -0.05) is 23.7 Å². The van der Waals surface area contributed by atoms with Crippen LogP contribution in [0.5, 0.6) is 5.75 Å². The largest absolute Gasteiger partial charge is 0.497 e. The summed E-state index contributed by atoms with van der Waals surface area (Å²) >= 11 is 6.17. The van der Waals surface area contributed by atoms with E-state index in [2.05, 4.69) is 11.0 Å². The average Bonchev–Trinajstić information content (AvgIpc) is 2.77. The number of methoxy groups -OCH3 is 1. The molecule has 3 aromatic rings. The minimum atomic E-state index is -0.0747. The van der Waals surface area contributed by atoms with Crippen molar-refractivity contribution in [3.63, 3.8) is 0 Å². The first-order chi connectivity index (χ1) is 14.1. The number of hydrogen-bond acceptors (Lipinski definition) is 5. The quantitative estimate of drug-likeness (QED) is 0.662. The van der Waals surface area contributed by atoms with Gasteiger partial charge in [0.05, 0.1) is 28.8 Å². The van der Waals surface area contributed by atoms with Gasteiger partial charge in [0.15, 0.2) is 0 Å². The van der Waals surface area contributed by atoms with Crippen molar-refractivity contribution in [1.29, 1.82) is 5.26 Å². The average molecular weight is 407 g/mol. The van der Waals surface area contributed by atoms with Crippen LogP contribution in [-0.2, 0) is 0 Å². The number of anilines is 1. The monoisotopic (exact) mass is 406 g/mol. The maximum absolute atomic E-state index is 12.8. The van der Waals surface area contributed by atoms with Gasteiger partial charge >= 0.3 is 0 Å². The number of nitriles is 1. The van der Waals surface area contributed by atoms with E-state index < -0.39 is 0 Å². The lowest BCUT2D eigenvalue weighted by molar-refractivity contribution is 0.0746. The summed E-state index contributed by atoms with van der Waals surface area (Å²) in [5, 5.41) is 10.9. The van der Waals surface area contributed by atoms with Gasteiger partial charge < -0.3 is 14.5 Å². The number of benzene rings is 2. The third-order valence-electron chi connectivity index (χ3n) is 5.09. The maximum Gasteiger partial charge on any atom is 0.255 e. The lowest BCUT2D eigenvalue weighted by Gasteiger charge is -2.36. The number of amides is 1. The first kappa shape index (κ1) is 19.0. The summed E-state index contributed by atoms with van der Waals surface area (Å²) in [5.74, 6) is 1.30. The molecule has 7 heteroatoms. The van der Waals surface area contributed by atoms with E-state index in [1.165, 1.54) is 0 Å². The van der Waals surface area contributed by atoms with Gasteiger partial charge in [-0.15, -0.1) is 0 Å². The van der Waals surface area contributed by atoms with Crippen LogP contribution in [0.2, 0.25) is 5.02 Å². The first-order valence-electron chi connectivity index (χ1n) is 9.28. The van der Waals surface area contributed by atoms with Crippen LogP contribution < -0.4 is 9.64 Å². The fraction of sp³-hybridized carbons (Fsp3) is 0.227. The van der Waals surface area contributed by atoms with Gasteiger partial charge in [-0.25, -0.2) is 4.98 Å². The van der Waals surface area contributed by atoms with Gasteiger partial charge in [-0.05, 0) is 36.4 Å². The van der Waals surface area contributed by atoms with E-state index in [1.54, 1.807) is 30.2 Å². The van der Waals surface area contributed by atoms with Crippen LogP contribution in [0.15, 0.2) is 48.5 Å². The Hall–Kier alpha value is -3.30. The number of pyridine rings is 1. The molecule has 6 nitrogen and oxygen atoms in total. The Morgan fingerprint density at radius 2 is 1.90 bits per heavy atom. The van der Waals surface area contributed by atoms with Crippen molar-refractivity contribution in [3.8, 4) is 11.8 Å². The highest BCUT2D eigenvalue weighted by Gasteiger charge is 2.25. The van der Waals surface area contributed by atoms with Crippen LogP contribution in [0, 0.1) is 11.3 Å². The van der Waals surface area contributed by atoms with Crippen LogP contribution >= 0.6 is 11.6 Å². The molecule has 4 rings (SSSR count). The molecule has 29 heavy (non-hydrogen) atoms. The minimum Gasteiger partial charge on any atom is -0.497 e. The minimum absolute atomic E-state index is 0.0747. The van der Waals surface area contributed by atoms with E-state index in [0.717, 1.165) is 16.7 Å². The van der Waals surface area contributed by atoms with Crippen LogP contribution in [0.3, 0.4) is 0 Å². The Labute approximate surface area is 173 Å². The predicted molar refractivity (Wildman–Crippen MR) is 113 cm³/mol. The van der Waals surface area contributed by atoms with E-state index in [0.29, 0.717) is 48.1 Å². The molecule has 1 aliphatic rings. The number of hydrogen-bond donors (Lipinski definition) is 0. The molecule has 1 aromatic heterocycles. The fourth-order valence-corrected chi connectivity index (χ4v) is 3.74. The maximum atomic E-state index is 12.8. The number of halogens is 1. The highest BCUT2D eigenvalue weighted by molar-refractivity contribution is 6.33. The van der Waals surface area contributed by atoms with Crippen LogP contribution in [0.25, 0.3) is 10.9 Å². The third-order valence-corrected chi connectivity index (χ3v) is 5.42. The van der Waals surface area contributed by atoms with Crippen molar-refractivity contribution < 1.29 is 9.53 Å². The highest BCUT2D eigenvalue weighted by Crippen LogP contribution is 2.27. The van der Waals surface area contributed by atoms with Crippen molar-refractivity contribution >= 4 is 34.2 Å². The van der Waals surface area contributed by atoms with Gasteiger partial charge in [0, 0.05) is 31.6 Å². The molecule has 1 aliphatic heterocycles. The molecule has 0 atom stereocenters. The molecule has 2 heterocycles. The zero-order valence-electron chi connectivity index (χ0n) is 15.9. The normalized spacial score (nSPS) is 14.0. The molecular formula is C22H19ClN4O2. The lowest BCUT2D eigenvalue weighted by atomic mass is 10.1. The summed E-state index contributed by atoms with van der Waals surface area (Å²) in [6.07, 6.45) is 0. The summed E-state index contributed by atoms with van der Waals surface area (Å²) in [6.45, 7) is 2.27. The molecule has 0 unspecified atom stereocenters. The van der Waals surface area contributed by atoms with Crippen LogP contribution in [0.4, 0.5) is 5.82 Å². The topological polar surface area (TPSA) is 69.5 Å². The van der Waals surface area contributed by atoms with E-state index in [9.17, 15) is 10.1 Å². The Bertz CT molecular complexity index is 1120. The Morgan fingerprint density at radius 3 is 2.59 bits per heavy atom. The molecule has 1 saturated heterocycles. The second-order valence-corrected chi connectivity index (χ2v) is 7.20. The second kappa shape index (κ2) is 7.98. The molecule has 1 amide bonds. The van der Waals surface area contributed by atoms with Crippen molar-refractivity contribution in [2.24, 2.45) is 0 Å². The van der Waals surface area contributed by atoms with Crippen molar-refractivity contribution in [1.82, 2.24) is 9.88 Å². The number of piperazine rings is 1. The molecule has 0 saturated carbocycles. The van der Waals surface area contributed by atoms with Gasteiger partial charge in [0.25, 0.3) is 5.91 Å². The number of carbonyl (C=O) groups excluding carboxylic acids is 1. The SMILES string of the molecule is COc1ccc2nc(N3CCN(C(=O)c4ccccc4Cl)CC3)c(C#N)cc2c1. The van der Waals surface area contributed by atoms with Crippen molar-refractivity contribution in [2.45, 2.75) is 0 Å². The molecule has 0 radical (unpaired) electrons. The number of rotatable bonds is 3. The van der Waals surface area contributed by atoms with Crippen LogP contribution in [-0.4, -0.2) is 49.1 Å². The lowest BCUT2D eigenvalue weighted by Crippen LogP contribution is -2.49. The third kappa shape index (κ3) is 3.69. The van der Waals surface area contributed by atoms with Crippen molar-refractivity contribution in [2.75, 3.05) is 38.2 Å². The Balaban J connectivity index is 1.55. The first-order valence-corrected chi connectivity index (χ1v) is 9.66. The standard InChI is InChI=1S/C22H19ClN4O2/c1-29-17-6-7-20-15(13-17)12-16(14-24)21(25-20)26-8-10-27(11-9-26)22(28)18-4-2-3-5-19(18)23/h2-7,12-13H,8-11H2,1H3. The molecular weight excluding hydrogens is 388 g/mol. The molecule has 146 valence electrons. The number of ether oxygens (including phenoxy) is 1. The summed E-state index contributed by atoms with van der Waals surface area (Å²) < 4.78 is 5.25. The summed E-state index contributed by atoms with van der Waals surface area (Å²) in [4.78, 5) is 21.3. The van der Waals surface area contributed by atoms with E-state index >= 15 is 0 Å². The summed E-state index contributed by atoms with van der Waals surface area (Å²) in [6, 6.07) is 16.8. The Morgan fingerprint density at radius 1 is 1.14 bits per heavy atom. The van der Waals surface area contributed by atoms with E-state index in [4.69, 9.17) is 21.3 Å². The van der Waals surface area contributed by atoms with Gasteiger partial charge in [0.2, 0.25) is 0 Å². The number of aromatic nitrogens is 1. The van der Waals surface area contributed by atoms with Gasteiger partial charge in [-0.2, -0.15) is 5.26 Å². The van der Waals surface area contributed by atoms with E-state index in [1.807, 2.05) is 30.3 Å². The molecule has 0 N–H and O–H groups in total. The van der Waals surface area contributed by atoms with Gasteiger partial charge in [0.1, 0.15) is 17.6 Å². The number of nitrogens with zero attached hydrogens (tertiary/aromatic N) is 4. The zero-order chi connectivity index (χ0) is 20.4. The summed E-state index contributed by atoms with van der Waals surface area (Å²) in [5.41, 5.74) is 1.82. The fourth-order valence-electron chi connectivity index (χ4n) is 3.52. The smallest absolute Gasteiger partial charge is 0.255 e. The number of fused-ring (bicyclic) bond motifs is 1. The molecule has 2 aromatic carbocycles. The van der Waals surface area contributed by atoms with E-state index in [-0.39, 0.29) is 5.91 Å². The van der Waals surface area contributed by atoms with Crippen LogP contribution in [0.1, 0.15) is 15.9 Å². The molecule has 1 fully saturated rings. The van der Waals surface area contributed by atoms with Gasteiger partial charge in [-0.3, -0.25) is 4.79 Å². The zero-order valence-corrected chi connectivity index (χ0v) is 16.7. The molecule has 0 aliphatic carbocycles. The highest BCUT2D eigenvalue weighted by atomic mass is 35.5.